The van der Waals surface area contributed by atoms with Crippen molar-refractivity contribution in [2.45, 2.75) is 13.0 Å². The SMILES string of the molecule is C[C@H]1CNCCN1C(=O)c1ccn(-c2ccc(F)cc2)n1.Cl. The van der Waals surface area contributed by atoms with E-state index in [9.17, 15) is 9.18 Å². The minimum atomic E-state index is -0.295. The van der Waals surface area contributed by atoms with Gasteiger partial charge in [-0.2, -0.15) is 5.10 Å². The molecule has 1 aromatic carbocycles. The molecule has 22 heavy (non-hydrogen) atoms. The van der Waals surface area contributed by atoms with Gasteiger partial charge in [-0.1, -0.05) is 0 Å². The summed E-state index contributed by atoms with van der Waals surface area (Å²) in [7, 11) is 0. The Labute approximate surface area is 134 Å². The predicted molar refractivity (Wildman–Crippen MR) is 84.1 cm³/mol. The van der Waals surface area contributed by atoms with E-state index >= 15 is 0 Å². The largest absolute Gasteiger partial charge is 0.332 e. The van der Waals surface area contributed by atoms with Crippen LogP contribution in [0.15, 0.2) is 36.5 Å². The summed E-state index contributed by atoms with van der Waals surface area (Å²) >= 11 is 0. The van der Waals surface area contributed by atoms with Gasteiger partial charge < -0.3 is 10.2 Å². The molecule has 2 heterocycles. The van der Waals surface area contributed by atoms with Crippen LogP contribution in [0.25, 0.3) is 5.69 Å². The number of aromatic nitrogens is 2. The molecule has 1 amide bonds. The van der Waals surface area contributed by atoms with Crippen molar-refractivity contribution in [3.05, 3.63) is 48.0 Å². The molecule has 1 saturated heterocycles. The first kappa shape index (κ1) is 16.5. The third-order valence-corrected chi connectivity index (χ3v) is 3.66. The Bertz CT molecular complexity index is 643. The lowest BCUT2D eigenvalue weighted by Crippen LogP contribution is -2.52. The first-order valence-electron chi connectivity index (χ1n) is 6.98. The van der Waals surface area contributed by atoms with Crippen LogP contribution in [0, 0.1) is 5.82 Å². The summed E-state index contributed by atoms with van der Waals surface area (Å²) in [5.41, 5.74) is 1.14. The normalized spacial score (nSPS) is 17.9. The second-order valence-electron chi connectivity index (χ2n) is 5.17. The number of benzene rings is 1. The summed E-state index contributed by atoms with van der Waals surface area (Å²) in [6, 6.07) is 7.85. The van der Waals surface area contributed by atoms with Crippen LogP contribution in [0.4, 0.5) is 4.39 Å². The van der Waals surface area contributed by atoms with Crippen molar-refractivity contribution in [1.82, 2.24) is 20.0 Å². The van der Waals surface area contributed by atoms with Crippen LogP contribution in [-0.2, 0) is 0 Å². The molecular formula is C15H18ClFN4O. The van der Waals surface area contributed by atoms with Gasteiger partial charge in [-0.25, -0.2) is 9.07 Å². The average molecular weight is 325 g/mol. The molecule has 1 atom stereocenters. The second-order valence-corrected chi connectivity index (χ2v) is 5.17. The second kappa shape index (κ2) is 6.89. The number of hydrogen-bond acceptors (Lipinski definition) is 3. The highest BCUT2D eigenvalue weighted by atomic mass is 35.5. The van der Waals surface area contributed by atoms with Gasteiger partial charge in [-0.05, 0) is 37.3 Å². The summed E-state index contributed by atoms with van der Waals surface area (Å²) in [5, 5.41) is 7.55. The monoisotopic (exact) mass is 324 g/mol. The predicted octanol–water partition coefficient (Wildman–Crippen LogP) is 1.87. The summed E-state index contributed by atoms with van der Waals surface area (Å²) in [5.74, 6) is -0.360. The maximum absolute atomic E-state index is 12.9. The van der Waals surface area contributed by atoms with Crippen molar-refractivity contribution in [1.29, 1.82) is 0 Å². The average Bonchev–Trinajstić information content (AvgIpc) is 2.98. The van der Waals surface area contributed by atoms with Crippen molar-refractivity contribution in [2.24, 2.45) is 0 Å². The lowest BCUT2D eigenvalue weighted by molar-refractivity contribution is 0.0649. The van der Waals surface area contributed by atoms with Crippen molar-refractivity contribution in [3.63, 3.8) is 0 Å². The van der Waals surface area contributed by atoms with E-state index in [2.05, 4.69) is 10.4 Å². The molecule has 1 aliphatic heterocycles. The van der Waals surface area contributed by atoms with Gasteiger partial charge in [0.15, 0.2) is 5.69 Å². The molecule has 118 valence electrons. The summed E-state index contributed by atoms with van der Waals surface area (Å²) in [6.45, 7) is 4.30. The fourth-order valence-corrected chi connectivity index (χ4v) is 2.47. The number of piperazine rings is 1. The number of hydrogen-bond donors (Lipinski definition) is 1. The fraction of sp³-hybridized carbons (Fsp3) is 0.333. The lowest BCUT2D eigenvalue weighted by atomic mass is 10.2. The van der Waals surface area contributed by atoms with E-state index < -0.39 is 0 Å². The molecule has 5 nitrogen and oxygen atoms in total. The summed E-state index contributed by atoms with van der Waals surface area (Å²) < 4.78 is 14.5. The van der Waals surface area contributed by atoms with Crippen LogP contribution in [0.2, 0.25) is 0 Å². The van der Waals surface area contributed by atoms with E-state index in [1.807, 2.05) is 11.8 Å². The number of nitrogens with one attached hydrogen (secondary N) is 1. The quantitative estimate of drug-likeness (QED) is 0.917. The van der Waals surface area contributed by atoms with E-state index in [1.54, 1.807) is 29.1 Å². The molecular weight excluding hydrogens is 307 g/mol. The van der Waals surface area contributed by atoms with Gasteiger partial charge in [0.25, 0.3) is 5.91 Å². The van der Waals surface area contributed by atoms with E-state index in [0.29, 0.717) is 12.2 Å². The minimum Gasteiger partial charge on any atom is -0.332 e. The molecule has 0 aliphatic carbocycles. The Morgan fingerprint density at radius 2 is 2.05 bits per heavy atom. The van der Waals surface area contributed by atoms with Crippen molar-refractivity contribution < 1.29 is 9.18 Å². The highest BCUT2D eigenvalue weighted by Crippen LogP contribution is 2.12. The van der Waals surface area contributed by atoms with Crippen LogP contribution in [-0.4, -0.2) is 46.3 Å². The zero-order valence-electron chi connectivity index (χ0n) is 12.2. The minimum absolute atomic E-state index is 0. The number of halogens is 2. The Hall–Kier alpha value is -1.92. The lowest BCUT2D eigenvalue weighted by Gasteiger charge is -2.33. The maximum atomic E-state index is 12.9. The Morgan fingerprint density at radius 3 is 2.73 bits per heavy atom. The van der Waals surface area contributed by atoms with Gasteiger partial charge in [-0.15, -0.1) is 12.4 Å². The standard InChI is InChI=1S/C15H17FN4O.ClH/c1-11-10-17-7-9-19(11)15(21)14-6-8-20(18-14)13-4-2-12(16)3-5-13;/h2-6,8,11,17H,7,9-10H2,1H3;1H/t11-;/m0./s1. The maximum Gasteiger partial charge on any atom is 0.274 e. The van der Waals surface area contributed by atoms with E-state index in [1.165, 1.54) is 12.1 Å². The van der Waals surface area contributed by atoms with Crippen LogP contribution >= 0.6 is 12.4 Å². The number of rotatable bonds is 2. The number of carbonyl (C=O) groups excluding carboxylic acids is 1. The Kier molecular flexibility index (Phi) is 5.15. The zero-order chi connectivity index (χ0) is 14.8. The molecule has 1 fully saturated rings. The molecule has 0 radical (unpaired) electrons. The van der Waals surface area contributed by atoms with Gasteiger partial charge in [0.2, 0.25) is 0 Å². The van der Waals surface area contributed by atoms with Crippen LogP contribution < -0.4 is 5.32 Å². The van der Waals surface area contributed by atoms with Gasteiger partial charge >= 0.3 is 0 Å². The molecule has 7 heteroatoms. The van der Waals surface area contributed by atoms with Crippen LogP contribution in [0.5, 0.6) is 0 Å². The van der Waals surface area contributed by atoms with Gasteiger partial charge in [-0.3, -0.25) is 4.79 Å². The van der Waals surface area contributed by atoms with Gasteiger partial charge in [0, 0.05) is 31.9 Å². The zero-order valence-corrected chi connectivity index (χ0v) is 13.0. The molecule has 1 aliphatic rings. The third kappa shape index (κ3) is 3.28. The molecule has 1 aromatic heterocycles. The molecule has 0 saturated carbocycles. The fourth-order valence-electron chi connectivity index (χ4n) is 2.47. The van der Waals surface area contributed by atoms with Crippen molar-refractivity contribution >= 4 is 18.3 Å². The highest BCUT2D eigenvalue weighted by molar-refractivity contribution is 5.92. The third-order valence-electron chi connectivity index (χ3n) is 3.66. The molecule has 0 spiro atoms. The summed E-state index contributed by atoms with van der Waals surface area (Å²) in [4.78, 5) is 14.3. The topological polar surface area (TPSA) is 50.2 Å². The van der Waals surface area contributed by atoms with E-state index in [-0.39, 0.29) is 30.2 Å². The van der Waals surface area contributed by atoms with Crippen LogP contribution in [0.1, 0.15) is 17.4 Å². The Morgan fingerprint density at radius 1 is 1.32 bits per heavy atom. The molecule has 2 aromatic rings. The number of amides is 1. The molecule has 1 N–H and O–H groups in total. The van der Waals surface area contributed by atoms with Crippen molar-refractivity contribution in [2.75, 3.05) is 19.6 Å². The van der Waals surface area contributed by atoms with Gasteiger partial charge in [0.05, 0.1) is 5.69 Å². The number of carbonyl (C=O) groups is 1. The molecule has 0 unspecified atom stereocenters. The smallest absolute Gasteiger partial charge is 0.274 e. The van der Waals surface area contributed by atoms with Gasteiger partial charge in [0.1, 0.15) is 5.82 Å². The first-order valence-corrected chi connectivity index (χ1v) is 6.98. The Balaban J connectivity index is 0.00000176. The molecule has 0 bridgehead atoms. The highest BCUT2D eigenvalue weighted by Gasteiger charge is 2.25. The summed E-state index contributed by atoms with van der Waals surface area (Å²) in [6.07, 6.45) is 1.72. The van der Waals surface area contributed by atoms with E-state index in [4.69, 9.17) is 0 Å². The number of nitrogens with zero attached hydrogens (tertiary/aromatic N) is 3. The first-order chi connectivity index (χ1) is 10.1. The van der Waals surface area contributed by atoms with Crippen molar-refractivity contribution in [3.8, 4) is 5.69 Å². The van der Waals surface area contributed by atoms with Crippen LogP contribution in [0.3, 0.4) is 0 Å². The van der Waals surface area contributed by atoms with E-state index in [0.717, 1.165) is 18.8 Å². The molecule has 3 rings (SSSR count).